The van der Waals surface area contributed by atoms with E-state index in [9.17, 15) is 4.79 Å². The number of nitrogens with zero attached hydrogens (tertiary/aromatic N) is 2. The standard InChI is InChI=1S/C10H12N2O2/c1-6(13)8-5-11-9(7-3-4-7)12-10(8)14-2/h5,7H,3-4H2,1-2H3. The molecule has 0 N–H and O–H groups in total. The second-order valence-corrected chi connectivity index (χ2v) is 3.48. The number of hydrogen-bond donors (Lipinski definition) is 0. The first kappa shape index (κ1) is 9.12. The molecule has 4 heteroatoms. The first-order valence-corrected chi connectivity index (χ1v) is 4.64. The Morgan fingerprint density at radius 2 is 2.29 bits per heavy atom. The van der Waals surface area contributed by atoms with E-state index in [1.807, 2.05) is 0 Å². The van der Waals surface area contributed by atoms with E-state index in [0.717, 1.165) is 18.7 Å². The van der Waals surface area contributed by atoms with E-state index in [-0.39, 0.29) is 5.78 Å². The number of carbonyl (C=O) groups is 1. The van der Waals surface area contributed by atoms with Crippen LogP contribution in [0.1, 0.15) is 41.9 Å². The smallest absolute Gasteiger partial charge is 0.227 e. The van der Waals surface area contributed by atoms with Crippen LogP contribution in [0.2, 0.25) is 0 Å². The normalized spacial score (nSPS) is 15.3. The van der Waals surface area contributed by atoms with Gasteiger partial charge in [-0.05, 0) is 19.8 Å². The predicted molar refractivity (Wildman–Crippen MR) is 50.6 cm³/mol. The Kier molecular flexibility index (Phi) is 2.19. The Labute approximate surface area is 82.3 Å². The fraction of sp³-hybridized carbons (Fsp3) is 0.500. The SMILES string of the molecule is COc1nc(C2CC2)ncc1C(C)=O. The zero-order valence-corrected chi connectivity index (χ0v) is 8.28. The molecule has 0 amide bonds. The molecule has 0 aliphatic heterocycles. The van der Waals surface area contributed by atoms with Crippen molar-refractivity contribution in [3.8, 4) is 5.88 Å². The number of hydrogen-bond acceptors (Lipinski definition) is 4. The van der Waals surface area contributed by atoms with Crippen LogP contribution in [-0.4, -0.2) is 22.9 Å². The van der Waals surface area contributed by atoms with E-state index in [1.165, 1.54) is 14.0 Å². The molecular weight excluding hydrogens is 180 g/mol. The van der Waals surface area contributed by atoms with Gasteiger partial charge in [-0.15, -0.1) is 0 Å². The molecule has 1 aromatic rings. The lowest BCUT2D eigenvalue weighted by molar-refractivity contribution is 0.101. The molecule has 4 nitrogen and oxygen atoms in total. The Morgan fingerprint density at radius 3 is 2.79 bits per heavy atom. The van der Waals surface area contributed by atoms with Crippen LogP contribution in [0.15, 0.2) is 6.20 Å². The van der Waals surface area contributed by atoms with E-state index in [4.69, 9.17) is 4.74 Å². The van der Waals surface area contributed by atoms with E-state index < -0.39 is 0 Å². The fourth-order valence-electron chi connectivity index (χ4n) is 1.31. The molecular formula is C10H12N2O2. The molecule has 0 aromatic carbocycles. The first-order valence-electron chi connectivity index (χ1n) is 4.64. The third-order valence-corrected chi connectivity index (χ3v) is 2.29. The van der Waals surface area contributed by atoms with Gasteiger partial charge in [-0.1, -0.05) is 0 Å². The van der Waals surface area contributed by atoms with Gasteiger partial charge >= 0.3 is 0 Å². The van der Waals surface area contributed by atoms with Crippen LogP contribution in [-0.2, 0) is 0 Å². The summed E-state index contributed by atoms with van der Waals surface area (Å²) < 4.78 is 5.05. The van der Waals surface area contributed by atoms with Crippen LogP contribution in [0.3, 0.4) is 0 Å². The monoisotopic (exact) mass is 192 g/mol. The van der Waals surface area contributed by atoms with E-state index in [0.29, 0.717) is 17.4 Å². The van der Waals surface area contributed by atoms with Gasteiger partial charge in [-0.25, -0.2) is 4.98 Å². The number of Topliss-reactive ketones (excluding diaryl/α,β-unsaturated/α-hetero) is 1. The third kappa shape index (κ3) is 1.60. The maximum Gasteiger partial charge on any atom is 0.227 e. The summed E-state index contributed by atoms with van der Waals surface area (Å²) >= 11 is 0. The van der Waals surface area contributed by atoms with Crippen molar-refractivity contribution in [1.29, 1.82) is 0 Å². The third-order valence-electron chi connectivity index (χ3n) is 2.29. The van der Waals surface area contributed by atoms with Gasteiger partial charge in [0.2, 0.25) is 5.88 Å². The van der Waals surface area contributed by atoms with Crippen LogP contribution in [0.25, 0.3) is 0 Å². The van der Waals surface area contributed by atoms with Crippen LogP contribution in [0.4, 0.5) is 0 Å². The molecule has 0 bridgehead atoms. The van der Waals surface area contributed by atoms with Crippen molar-refractivity contribution in [2.24, 2.45) is 0 Å². The lowest BCUT2D eigenvalue weighted by Gasteiger charge is -2.05. The lowest BCUT2D eigenvalue weighted by Crippen LogP contribution is -2.04. The average Bonchev–Trinajstić information content (AvgIpc) is 3.00. The van der Waals surface area contributed by atoms with E-state index in [1.54, 1.807) is 6.20 Å². The molecule has 1 aliphatic carbocycles. The Balaban J connectivity index is 2.38. The fourth-order valence-corrected chi connectivity index (χ4v) is 1.31. The topological polar surface area (TPSA) is 52.1 Å². The number of aromatic nitrogens is 2. The minimum absolute atomic E-state index is 0.0656. The minimum atomic E-state index is -0.0656. The number of ether oxygens (including phenoxy) is 1. The molecule has 0 unspecified atom stereocenters. The van der Waals surface area contributed by atoms with Crippen LogP contribution in [0.5, 0.6) is 5.88 Å². The summed E-state index contributed by atoms with van der Waals surface area (Å²) in [5.41, 5.74) is 0.455. The van der Waals surface area contributed by atoms with Gasteiger partial charge in [0.25, 0.3) is 0 Å². The molecule has 0 spiro atoms. The summed E-state index contributed by atoms with van der Waals surface area (Å²) in [6.45, 7) is 1.48. The molecule has 1 aromatic heterocycles. The molecule has 74 valence electrons. The molecule has 1 saturated carbocycles. The highest BCUT2D eigenvalue weighted by atomic mass is 16.5. The maximum absolute atomic E-state index is 11.2. The molecule has 0 atom stereocenters. The number of ketones is 1. The van der Waals surface area contributed by atoms with Crippen molar-refractivity contribution >= 4 is 5.78 Å². The zero-order valence-electron chi connectivity index (χ0n) is 8.28. The summed E-state index contributed by atoms with van der Waals surface area (Å²) in [4.78, 5) is 19.5. The molecule has 1 fully saturated rings. The van der Waals surface area contributed by atoms with Gasteiger partial charge in [-0.3, -0.25) is 4.79 Å². The number of rotatable bonds is 3. The summed E-state index contributed by atoms with van der Waals surface area (Å²) in [5, 5.41) is 0. The second kappa shape index (κ2) is 3.36. The number of carbonyl (C=O) groups excluding carboxylic acids is 1. The average molecular weight is 192 g/mol. The maximum atomic E-state index is 11.2. The van der Waals surface area contributed by atoms with Crippen LogP contribution in [0, 0.1) is 0 Å². The lowest BCUT2D eigenvalue weighted by atomic mass is 10.2. The highest BCUT2D eigenvalue weighted by molar-refractivity contribution is 5.95. The van der Waals surface area contributed by atoms with E-state index in [2.05, 4.69) is 9.97 Å². The van der Waals surface area contributed by atoms with Crippen molar-refractivity contribution < 1.29 is 9.53 Å². The van der Waals surface area contributed by atoms with Crippen LogP contribution >= 0.6 is 0 Å². The minimum Gasteiger partial charge on any atom is -0.480 e. The number of methoxy groups -OCH3 is 1. The van der Waals surface area contributed by atoms with Crippen LogP contribution < -0.4 is 4.74 Å². The van der Waals surface area contributed by atoms with Gasteiger partial charge < -0.3 is 4.74 Å². The first-order chi connectivity index (χ1) is 6.72. The van der Waals surface area contributed by atoms with Gasteiger partial charge in [0.1, 0.15) is 5.82 Å². The quantitative estimate of drug-likeness (QED) is 0.682. The van der Waals surface area contributed by atoms with Crippen molar-refractivity contribution in [3.05, 3.63) is 17.6 Å². The largest absolute Gasteiger partial charge is 0.480 e. The molecule has 1 heterocycles. The highest BCUT2D eigenvalue weighted by Gasteiger charge is 2.27. The molecule has 0 radical (unpaired) electrons. The summed E-state index contributed by atoms with van der Waals surface area (Å²) in [7, 11) is 1.52. The molecule has 0 saturated heterocycles. The summed E-state index contributed by atoms with van der Waals surface area (Å²) in [5.74, 6) is 1.61. The highest BCUT2D eigenvalue weighted by Crippen LogP contribution is 2.38. The molecule has 14 heavy (non-hydrogen) atoms. The van der Waals surface area contributed by atoms with Crippen molar-refractivity contribution in [3.63, 3.8) is 0 Å². The van der Waals surface area contributed by atoms with Crippen molar-refractivity contribution in [1.82, 2.24) is 9.97 Å². The van der Waals surface area contributed by atoms with E-state index >= 15 is 0 Å². The zero-order chi connectivity index (χ0) is 10.1. The van der Waals surface area contributed by atoms with Gasteiger partial charge in [-0.2, -0.15) is 4.98 Å². The molecule has 2 rings (SSSR count). The Hall–Kier alpha value is -1.45. The van der Waals surface area contributed by atoms with Gasteiger partial charge in [0.15, 0.2) is 5.78 Å². The summed E-state index contributed by atoms with van der Waals surface area (Å²) in [6.07, 6.45) is 3.84. The van der Waals surface area contributed by atoms with Crippen molar-refractivity contribution in [2.75, 3.05) is 7.11 Å². The Bertz CT molecular complexity index is 372. The molecule has 1 aliphatic rings. The second-order valence-electron chi connectivity index (χ2n) is 3.48. The predicted octanol–water partition coefficient (Wildman–Crippen LogP) is 1.57. The Morgan fingerprint density at radius 1 is 1.57 bits per heavy atom. The van der Waals surface area contributed by atoms with Gasteiger partial charge in [0.05, 0.1) is 12.7 Å². The van der Waals surface area contributed by atoms with Crippen molar-refractivity contribution in [2.45, 2.75) is 25.7 Å². The summed E-state index contributed by atoms with van der Waals surface area (Å²) in [6, 6.07) is 0. The van der Waals surface area contributed by atoms with Gasteiger partial charge in [0, 0.05) is 12.1 Å².